The van der Waals surface area contributed by atoms with E-state index in [0.29, 0.717) is 56.6 Å². The van der Waals surface area contributed by atoms with Gasteiger partial charge in [0, 0.05) is 62.9 Å². The number of likely N-dealkylation sites (tertiary alicyclic amines) is 1. The van der Waals surface area contributed by atoms with Crippen LogP contribution in [0.25, 0.3) is 0 Å². The molecule has 36 heavy (non-hydrogen) atoms. The van der Waals surface area contributed by atoms with Gasteiger partial charge in [-0.1, -0.05) is 30.3 Å². The van der Waals surface area contributed by atoms with Crippen LogP contribution < -0.4 is 4.74 Å². The van der Waals surface area contributed by atoms with Gasteiger partial charge in [-0.15, -0.1) is 0 Å². The molecule has 0 aromatic heterocycles. The molecule has 2 saturated heterocycles. The summed E-state index contributed by atoms with van der Waals surface area (Å²) in [6, 6.07) is 23.4. The number of nitrogens with zero attached hydrogens (tertiary/aromatic N) is 3. The normalized spacial score (nSPS) is 16.5. The highest BCUT2D eigenvalue weighted by Crippen LogP contribution is 2.22. The molecular weight excluding hydrogens is 457 g/mol. The fourth-order valence-corrected chi connectivity index (χ4v) is 4.72. The molecule has 0 unspecified atom stereocenters. The third kappa shape index (κ3) is 5.57. The first-order valence-electron chi connectivity index (χ1n) is 12.4. The monoisotopic (exact) mass is 487 g/mol. The van der Waals surface area contributed by atoms with E-state index in [0.717, 1.165) is 24.2 Å². The number of hydrogen-bond donors (Lipinski definition) is 0. The standard InChI is InChI=1S/C29H30FN3O3/c30-25-10-6-22(7-11-25)14-19-36-27-12-8-24(9-13-27)29(35)33-20-26(21-33)31-15-17-32(18-16-31)28(34)23-4-2-1-3-5-23/h1-13,26H,14-21H2. The van der Waals surface area contributed by atoms with Crippen LogP contribution in [0, 0.1) is 5.82 Å². The highest BCUT2D eigenvalue weighted by Gasteiger charge is 2.37. The van der Waals surface area contributed by atoms with Gasteiger partial charge in [0.2, 0.25) is 0 Å². The summed E-state index contributed by atoms with van der Waals surface area (Å²) in [7, 11) is 0. The molecule has 0 saturated carbocycles. The van der Waals surface area contributed by atoms with Crippen LogP contribution in [-0.4, -0.2) is 78.4 Å². The zero-order chi connectivity index (χ0) is 24.9. The largest absolute Gasteiger partial charge is 0.493 e. The predicted molar refractivity (Wildman–Crippen MR) is 136 cm³/mol. The molecule has 186 valence electrons. The first kappa shape index (κ1) is 24.0. The SMILES string of the molecule is O=C(c1ccccc1)N1CCN(C2CN(C(=O)c3ccc(OCCc4ccc(F)cc4)cc3)C2)CC1. The van der Waals surface area contributed by atoms with Crippen molar-refractivity contribution in [2.75, 3.05) is 45.9 Å². The van der Waals surface area contributed by atoms with E-state index in [2.05, 4.69) is 4.90 Å². The second kappa shape index (κ2) is 10.9. The Kier molecular flexibility index (Phi) is 7.28. The van der Waals surface area contributed by atoms with Crippen molar-refractivity contribution in [3.05, 3.63) is 101 Å². The maximum absolute atomic E-state index is 13.0. The molecule has 0 radical (unpaired) electrons. The number of benzene rings is 3. The molecule has 0 N–H and O–H groups in total. The molecule has 7 heteroatoms. The molecule has 2 aliphatic rings. The Morgan fingerprint density at radius 3 is 2.03 bits per heavy atom. The predicted octanol–water partition coefficient (Wildman–Crippen LogP) is 3.73. The van der Waals surface area contributed by atoms with Crippen molar-refractivity contribution in [3.63, 3.8) is 0 Å². The molecule has 0 spiro atoms. The Labute approximate surface area is 210 Å². The van der Waals surface area contributed by atoms with Gasteiger partial charge in [-0.2, -0.15) is 0 Å². The van der Waals surface area contributed by atoms with E-state index in [1.165, 1.54) is 12.1 Å². The average molecular weight is 488 g/mol. The lowest BCUT2D eigenvalue weighted by atomic mass is 10.0. The third-order valence-electron chi connectivity index (χ3n) is 6.96. The van der Waals surface area contributed by atoms with Gasteiger partial charge in [-0.05, 0) is 54.1 Å². The molecule has 2 amide bonds. The van der Waals surface area contributed by atoms with Crippen LogP contribution in [0.3, 0.4) is 0 Å². The summed E-state index contributed by atoms with van der Waals surface area (Å²) >= 11 is 0. The fourth-order valence-electron chi connectivity index (χ4n) is 4.72. The minimum Gasteiger partial charge on any atom is -0.493 e. The number of piperazine rings is 1. The number of ether oxygens (including phenoxy) is 1. The zero-order valence-electron chi connectivity index (χ0n) is 20.2. The van der Waals surface area contributed by atoms with E-state index >= 15 is 0 Å². The molecule has 2 aliphatic heterocycles. The van der Waals surface area contributed by atoms with Gasteiger partial charge >= 0.3 is 0 Å². The Balaban J connectivity index is 1.04. The summed E-state index contributed by atoms with van der Waals surface area (Å²) in [4.78, 5) is 31.7. The summed E-state index contributed by atoms with van der Waals surface area (Å²) in [6.07, 6.45) is 0.685. The van der Waals surface area contributed by atoms with Crippen molar-refractivity contribution in [2.45, 2.75) is 12.5 Å². The summed E-state index contributed by atoms with van der Waals surface area (Å²) in [6.45, 7) is 4.98. The Hall–Kier alpha value is -3.71. The van der Waals surface area contributed by atoms with Crippen LogP contribution >= 0.6 is 0 Å². The van der Waals surface area contributed by atoms with E-state index in [1.54, 1.807) is 24.3 Å². The van der Waals surface area contributed by atoms with Crippen LogP contribution in [0.15, 0.2) is 78.9 Å². The van der Waals surface area contributed by atoms with Gasteiger partial charge in [0.05, 0.1) is 6.61 Å². The number of halogens is 1. The second-order valence-corrected chi connectivity index (χ2v) is 9.31. The molecule has 0 aliphatic carbocycles. The maximum Gasteiger partial charge on any atom is 0.253 e. The molecule has 0 atom stereocenters. The topological polar surface area (TPSA) is 53.1 Å². The van der Waals surface area contributed by atoms with Gasteiger partial charge in [0.25, 0.3) is 11.8 Å². The maximum atomic E-state index is 13.0. The van der Waals surface area contributed by atoms with Gasteiger partial charge < -0.3 is 14.5 Å². The van der Waals surface area contributed by atoms with Crippen LogP contribution in [0.1, 0.15) is 26.3 Å². The number of amides is 2. The molecule has 5 rings (SSSR count). The van der Waals surface area contributed by atoms with E-state index in [1.807, 2.05) is 52.3 Å². The highest BCUT2D eigenvalue weighted by atomic mass is 19.1. The summed E-state index contributed by atoms with van der Waals surface area (Å²) in [5, 5.41) is 0. The minimum atomic E-state index is -0.244. The van der Waals surface area contributed by atoms with Crippen molar-refractivity contribution >= 4 is 11.8 Å². The molecule has 2 fully saturated rings. The quantitative estimate of drug-likeness (QED) is 0.510. The number of rotatable bonds is 7. The smallest absolute Gasteiger partial charge is 0.253 e. The van der Waals surface area contributed by atoms with Crippen molar-refractivity contribution in [2.24, 2.45) is 0 Å². The molecule has 3 aromatic rings. The lowest BCUT2D eigenvalue weighted by Crippen LogP contribution is -2.64. The van der Waals surface area contributed by atoms with E-state index < -0.39 is 0 Å². The Bertz CT molecular complexity index is 1170. The van der Waals surface area contributed by atoms with Gasteiger partial charge in [0.1, 0.15) is 11.6 Å². The summed E-state index contributed by atoms with van der Waals surface area (Å²) in [5.41, 5.74) is 2.40. The second-order valence-electron chi connectivity index (χ2n) is 9.31. The average Bonchev–Trinajstić information content (AvgIpc) is 2.90. The van der Waals surface area contributed by atoms with Crippen molar-refractivity contribution < 1.29 is 18.7 Å². The molecule has 6 nitrogen and oxygen atoms in total. The van der Waals surface area contributed by atoms with Gasteiger partial charge in [0.15, 0.2) is 0 Å². The molecule has 2 heterocycles. The molecular formula is C29H30FN3O3. The summed E-state index contributed by atoms with van der Waals surface area (Å²) in [5.74, 6) is 0.579. The number of carbonyl (C=O) groups is 2. The lowest BCUT2D eigenvalue weighted by Gasteiger charge is -2.48. The van der Waals surface area contributed by atoms with Crippen molar-refractivity contribution in [3.8, 4) is 5.75 Å². The van der Waals surface area contributed by atoms with E-state index in [4.69, 9.17) is 4.74 Å². The zero-order valence-corrected chi connectivity index (χ0v) is 20.2. The van der Waals surface area contributed by atoms with Crippen molar-refractivity contribution in [1.82, 2.24) is 14.7 Å². The van der Waals surface area contributed by atoms with Crippen LogP contribution in [0.5, 0.6) is 5.75 Å². The number of carbonyl (C=O) groups excluding carboxylic acids is 2. The molecule has 0 bridgehead atoms. The van der Waals surface area contributed by atoms with Crippen LogP contribution in [0.4, 0.5) is 4.39 Å². The van der Waals surface area contributed by atoms with Crippen molar-refractivity contribution in [1.29, 1.82) is 0 Å². The first-order valence-corrected chi connectivity index (χ1v) is 12.4. The number of hydrogen-bond acceptors (Lipinski definition) is 4. The van der Waals surface area contributed by atoms with Gasteiger partial charge in [-0.25, -0.2) is 4.39 Å². The lowest BCUT2D eigenvalue weighted by molar-refractivity contribution is 0.00853. The summed E-state index contributed by atoms with van der Waals surface area (Å²) < 4.78 is 18.8. The third-order valence-corrected chi connectivity index (χ3v) is 6.96. The van der Waals surface area contributed by atoms with Crippen LogP contribution in [-0.2, 0) is 6.42 Å². The minimum absolute atomic E-state index is 0.0296. The Morgan fingerprint density at radius 1 is 0.750 bits per heavy atom. The van der Waals surface area contributed by atoms with Gasteiger partial charge in [-0.3, -0.25) is 14.5 Å². The fraction of sp³-hybridized carbons (Fsp3) is 0.310. The highest BCUT2D eigenvalue weighted by molar-refractivity contribution is 5.95. The Morgan fingerprint density at radius 2 is 1.36 bits per heavy atom. The van der Waals surface area contributed by atoms with E-state index in [9.17, 15) is 14.0 Å². The van der Waals surface area contributed by atoms with Crippen LogP contribution in [0.2, 0.25) is 0 Å². The first-order chi connectivity index (χ1) is 17.6. The van der Waals surface area contributed by atoms with E-state index in [-0.39, 0.29) is 17.6 Å². The molecule has 3 aromatic carbocycles.